The highest BCUT2D eigenvalue weighted by molar-refractivity contribution is 6.34. The molecule has 0 aliphatic heterocycles. The minimum Gasteiger partial charge on any atom is -0.296 e. The Hall–Kier alpha value is -1.39. The maximum absolute atomic E-state index is 11.0. The zero-order chi connectivity index (χ0) is 12.7. The molecule has 4 nitrogen and oxygen atoms in total. The van der Waals surface area contributed by atoms with E-state index in [0.717, 1.165) is 30.5 Å². The predicted molar refractivity (Wildman–Crippen MR) is 68.7 cm³/mol. The third-order valence-electron chi connectivity index (χ3n) is 2.90. The largest absolute Gasteiger partial charge is 0.296 e. The minimum atomic E-state index is 0.359. The van der Waals surface area contributed by atoms with Crippen molar-refractivity contribution in [2.24, 2.45) is 0 Å². The number of aldehydes is 1. The summed E-state index contributed by atoms with van der Waals surface area (Å²) < 4.78 is 1.65. The van der Waals surface area contributed by atoms with Gasteiger partial charge in [-0.3, -0.25) is 4.79 Å². The molecular weight excluding hydrogens is 273 g/mol. The molecule has 0 radical (unpaired) electrons. The van der Waals surface area contributed by atoms with Gasteiger partial charge in [0.15, 0.2) is 6.29 Å². The van der Waals surface area contributed by atoms with E-state index < -0.39 is 0 Å². The van der Waals surface area contributed by atoms with Gasteiger partial charge in [0, 0.05) is 16.0 Å². The smallest absolute Gasteiger partial charge is 0.172 e. The van der Waals surface area contributed by atoms with E-state index in [9.17, 15) is 4.79 Å². The molecule has 1 aromatic carbocycles. The van der Waals surface area contributed by atoms with Crippen LogP contribution in [0.1, 0.15) is 34.9 Å². The van der Waals surface area contributed by atoms with Crippen LogP contribution in [0.2, 0.25) is 10.0 Å². The average Bonchev–Trinajstić information content (AvgIpc) is 3.07. The summed E-state index contributed by atoms with van der Waals surface area (Å²) in [4.78, 5) is 11.0. The second-order valence-corrected chi connectivity index (χ2v) is 5.16. The fourth-order valence-electron chi connectivity index (χ4n) is 1.98. The highest BCUT2D eigenvalue weighted by Crippen LogP contribution is 2.41. The number of aromatic nitrogens is 3. The number of hydrogen-bond donors (Lipinski definition) is 0. The SMILES string of the molecule is O=Cc1nnn(-c2cc(Cl)cc(Cl)c2)c1C1CC1. The van der Waals surface area contributed by atoms with Crippen LogP contribution in [0.25, 0.3) is 5.69 Å². The molecule has 3 rings (SSSR count). The van der Waals surface area contributed by atoms with Crippen molar-refractivity contribution < 1.29 is 4.79 Å². The molecular formula is C12H9Cl2N3O. The summed E-state index contributed by atoms with van der Waals surface area (Å²) in [5.74, 6) is 0.359. The van der Waals surface area contributed by atoms with E-state index in [-0.39, 0.29) is 0 Å². The quantitative estimate of drug-likeness (QED) is 0.812. The summed E-state index contributed by atoms with van der Waals surface area (Å²) in [6.45, 7) is 0. The summed E-state index contributed by atoms with van der Waals surface area (Å²) in [5, 5.41) is 8.97. The van der Waals surface area contributed by atoms with E-state index >= 15 is 0 Å². The van der Waals surface area contributed by atoms with Crippen molar-refractivity contribution in [3.63, 3.8) is 0 Å². The van der Waals surface area contributed by atoms with Gasteiger partial charge in [-0.2, -0.15) is 0 Å². The number of hydrogen-bond acceptors (Lipinski definition) is 3. The topological polar surface area (TPSA) is 47.8 Å². The first kappa shape index (κ1) is 11.7. The fraction of sp³-hybridized carbons (Fsp3) is 0.250. The Morgan fingerprint density at radius 3 is 2.44 bits per heavy atom. The molecule has 1 saturated carbocycles. The summed E-state index contributed by atoms with van der Waals surface area (Å²) >= 11 is 11.9. The van der Waals surface area contributed by atoms with Crippen LogP contribution in [0.4, 0.5) is 0 Å². The van der Waals surface area contributed by atoms with E-state index in [0.29, 0.717) is 21.7 Å². The number of benzene rings is 1. The number of carbonyl (C=O) groups excluding carboxylic acids is 1. The molecule has 0 unspecified atom stereocenters. The summed E-state index contributed by atoms with van der Waals surface area (Å²) in [7, 11) is 0. The first-order chi connectivity index (χ1) is 8.69. The van der Waals surface area contributed by atoms with E-state index in [1.165, 1.54) is 0 Å². The predicted octanol–water partition coefficient (Wildman–Crippen LogP) is 3.26. The van der Waals surface area contributed by atoms with Gasteiger partial charge in [0.25, 0.3) is 0 Å². The van der Waals surface area contributed by atoms with Gasteiger partial charge in [0.1, 0.15) is 5.69 Å². The molecule has 0 saturated heterocycles. The van der Waals surface area contributed by atoms with Gasteiger partial charge >= 0.3 is 0 Å². The van der Waals surface area contributed by atoms with Crippen molar-refractivity contribution >= 4 is 29.5 Å². The van der Waals surface area contributed by atoms with E-state index in [1.54, 1.807) is 22.9 Å². The van der Waals surface area contributed by atoms with Crippen LogP contribution in [-0.4, -0.2) is 21.3 Å². The molecule has 0 atom stereocenters. The van der Waals surface area contributed by atoms with Gasteiger partial charge in [-0.15, -0.1) is 5.10 Å². The van der Waals surface area contributed by atoms with Gasteiger partial charge in [-0.05, 0) is 31.0 Å². The lowest BCUT2D eigenvalue weighted by Gasteiger charge is -2.06. The van der Waals surface area contributed by atoms with Crippen LogP contribution in [0.15, 0.2) is 18.2 Å². The van der Waals surface area contributed by atoms with Crippen molar-refractivity contribution in [3.8, 4) is 5.69 Å². The van der Waals surface area contributed by atoms with Crippen LogP contribution < -0.4 is 0 Å². The number of nitrogens with zero attached hydrogens (tertiary/aromatic N) is 3. The maximum Gasteiger partial charge on any atom is 0.172 e. The first-order valence-electron chi connectivity index (χ1n) is 5.56. The highest BCUT2D eigenvalue weighted by atomic mass is 35.5. The number of carbonyl (C=O) groups is 1. The first-order valence-corrected chi connectivity index (χ1v) is 6.32. The lowest BCUT2D eigenvalue weighted by atomic mass is 10.2. The van der Waals surface area contributed by atoms with Crippen molar-refractivity contribution in [2.45, 2.75) is 18.8 Å². The fourth-order valence-corrected chi connectivity index (χ4v) is 2.49. The summed E-state index contributed by atoms with van der Waals surface area (Å²) in [6, 6.07) is 5.16. The summed E-state index contributed by atoms with van der Waals surface area (Å²) in [6.07, 6.45) is 2.86. The molecule has 2 aromatic rings. The van der Waals surface area contributed by atoms with Crippen LogP contribution in [0.5, 0.6) is 0 Å². The van der Waals surface area contributed by atoms with E-state index in [1.807, 2.05) is 0 Å². The molecule has 1 fully saturated rings. The van der Waals surface area contributed by atoms with Gasteiger partial charge < -0.3 is 0 Å². The molecule has 92 valence electrons. The van der Waals surface area contributed by atoms with Crippen LogP contribution >= 0.6 is 23.2 Å². The molecule has 0 amide bonds. The molecule has 18 heavy (non-hydrogen) atoms. The minimum absolute atomic E-state index is 0.359. The second-order valence-electron chi connectivity index (χ2n) is 4.29. The molecule has 1 aliphatic carbocycles. The molecule has 0 spiro atoms. The lowest BCUT2D eigenvalue weighted by Crippen LogP contribution is -2.02. The van der Waals surface area contributed by atoms with Crippen molar-refractivity contribution in [1.82, 2.24) is 15.0 Å². The van der Waals surface area contributed by atoms with Crippen molar-refractivity contribution in [3.05, 3.63) is 39.6 Å². The molecule has 1 heterocycles. The highest BCUT2D eigenvalue weighted by Gasteiger charge is 2.31. The lowest BCUT2D eigenvalue weighted by molar-refractivity contribution is 0.111. The second kappa shape index (κ2) is 4.37. The van der Waals surface area contributed by atoms with Crippen LogP contribution in [0.3, 0.4) is 0 Å². The maximum atomic E-state index is 11.0. The Morgan fingerprint density at radius 1 is 1.22 bits per heavy atom. The van der Waals surface area contributed by atoms with E-state index in [4.69, 9.17) is 23.2 Å². The molecule has 0 bridgehead atoms. The Balaban J connectivity index is 2.16. The zero-order valence-electron chi connectivity index (χ0n) is 9.31. The average molecular weight is 282 g/mol. The van der Waals surface area contributed by atoms with Crippen molar-refractivity contribution in [2.75, 3.05) is 0 Å². The Bertz CT molecular complexity index is 600. The van der Waals surface area contributed by atoms with Crippen LogP contribution in [0, 0.1) is 0 Å². The van der Waals surface area contributed by atoms with Gasteiger partial charge in [0.2, 0.25) is 0 Å². The number of rotatable bonds is 3. The van der Waals surface area contributed by atoms with Gasteiger partial charge in [-0.25, -0.2) is 4.68 Å². The Morgan fingerprint density at radius 2 is 1.89 bits per heavy atom. The van der Waals surface area contributed by atoms with Gasteiger partial charge in [-0.1, -0.05) is 28.4 Å². The Kier molecular flexibility index (Phi) is 2.84. The third kappa shape index (κ3) is 2.02. The van der Waals surface area contributed by atoms with Crippen LogP contribution in [-0.2, 0) is 0 Å². The molecule has 6 heteroatoms. The normalized spacial score (nSPS) is 14.8. The van der Waals surface area contributed by atoms with E-state index in [2.05, 4.69) is 10.3 Å². The summed E-state index contributed by atoms with van der Waals surface area (Å²) in [5.41, 5.74) is 1.98. The molecule has 1 aromatic heterocycles. The zero-order valence-corrected chi connectivity index (χ0v) is 10.8. The van der Waals surface area contributed by atoms with Gasteiger partial charge in [0.05, 0.1) is 11.4 Å². The van der Waals surface area contributed by atoms with Crippen molar-refractivity contribution in [1.29, 1.82) is 0 Å². The molecule has 1 aliphatic rings. The standard InChI is InChI=1S/C12H9Cl2N3O/c13-8-3-9(14)5-10(4-8)17-12(7-1-2-7)11(6-18)15-16-17/h3-7H,1-2H2. The number of halogens is 2. The Labute approximate surface area is 114 Å². The third-order valence-corrected chi connectivity index (χ3v) is 3.34. The molecule has 0 N–H and O–H groups in total. The monoisotopic (exact) mass is 281 g/mol.